The Bertz CT molecular complexity index is 2350. The first-order chi connectivity index (χ1) is 24.2. The van der Waals surface area contributed by atoms with Gasteiger partial charge in [0.15, 0.2) is 5.75 Å². The first kappa shape index (κ1) is 32.8. The van der Waals surface area contributed by atoms with Crippen LogP contribution in [-0.2, 0) is 20.9 Å². The molecule has 0 aliphatic heterocycles. The SMILES string of the molecule is CC1(C)c2ccccc2-c2c(OS(=O)(=O)C(F)(F)F)c3c(c(N(c4ccccc4)c4ccc(-c5ccccc5)cc4)c21)C(C)(C)c1ccccc1-3. The molecule has 0 aromatic heterocycles. The van der Waals surface area contributed by atoms with E-state index in [1.807, 2.05) is 125 Å². The van der Waals surface area contributed by atoms with Crippen molar-refractivity contribution >= 4 is 27.2 Å². The number of nitrogens with zero attached hydrogens (tertiary/aromatic N) is 1. The van der Waals surface area contributed by atoms with Crippen molar-refractivity contribution in [2.75, 3.05) is 4.90 Å². The van der Waals surface area contributed by atoms with Crippen LogP contribution in [0.5, 0.6) is 5.75 Å². The van der Waals surface area contributed by atoms with E-state index in [4.69, 9.17) is 4.18 Å². The van der Waals surface area contributed by atoms with Gasteiger partial charge in [-0.25, -0.2) is 0 Å². The summed E-state index contributed by atoms with van der Waals surface area (Å²) in [6.45, 7) is 8.14. The molecular formula is C43H34F3NO3S. The molecule has 51 heavy (non-hydrogen) atoms. The first-order valence-corrected chi connectivity index (χ1v) is 18.1. The molecular weight excluding hydrogens is 668 g/mol. The van der Waals surface area contributed by atoms with Crippen molar-refractivity contribution in [2.45, 2.75) is 44.0 Å². The molecule has 0 atom stereocenters. The lowest BCUT2D eigenvalue weighted by Gasteiger charge is -2.37. The smallest absolute Gasteiger partial charge is 0.375 e. The maximum absolute atomic E-state index is 14.2. The lowest BCUT2D eigenvalue weighted by molar-refractivity contribution is -0.0499. The highest BCUT2D eigenvalue weighted by atomic mass is 32.2. The summed E-state index contributed by atoms with van der Waals surface area (Å²) < 4.78 is 74.0. The fourth-order valence-corrected chi connectivity index (χ4v) is 8.57. The molecule has 0 saturated heterocycles. The number of hydrogen-bond donors (Lipinski definition) is 0. The Morgan fingerprint density at radius 2 is 0.961 bits per heavy atom. The van der Waals surface area contributed by atoms with Crippen molar-refractivity contribution in [3.05, 3.63) is 156 Å². The van der Waals surface area contributed by atoms with E-state index >= 15 is 0 Å². The van der Waals surface area contributed by atoms with E-state index in [9.17, 15) is 21.6 Å². The van der Waals surface area contributed by atoms with Crippen LogP contribution in [0.15, 0.2) is 133 Å². The summed E-state index contributed by atoms with van der Waals surface area (Å²) in [5.41, 5.74) is 2.38. The molecule has 6 aromatic carbocycles. The van der Waals surface area contributed by atoms with Crippen LogP contribution < -0.4 is 9.08 Å². The monoisotopic (exact) mass is 701 g/mol. The second-order valence-corrected chi connectivity index (χ2v) is 15.6. The minimum absolute atomic E-state index is 0.301. The zero-order valence-electron chi connectivity index (χ0n) is 28.4. The number of alkyl halides is 3. The molecule has 0 spiro atoms. The molecule has 256 valence electrons. The van der Waals surface area contributed by atoms with Gasteiger partial charge < -0.3 is 9.08 Å². The van der Waals surface area contributed by atoms with E-state index in [1.54, 1.807) is 0 Å². The van der Waals surface area contributed by atoms with E-state index in [0.29, 0.717) is 33.4 Å². The Kier molecular flexibility index (Phi) is 7.30. The molecule has 2 aliphatic rings. The number of halogens is 3. The van der Waals surface area contributed by atoms with Gasteiger partial charge in [0.05, 0.1) is 5.69 Å². The van der Waals surface area contributed by atoms with Gasteiger partial charge in [-0.3, -0.25) is 0 Å². The van der Waals surface area contributed by atoms with Gasteiger partial charge in [0.25, 0.3) is 0 Å². The second kappa shape index (κ2) is 11.3. The number of benzene rings is 6. The highest BCUT2D eigenvalue weighted by Gasteiger charge is 2.53. The molecule has 0 N–H and O–H groups in total. The molecule has 0 heterocycles. The third-order valence-electron chi connectivity index (χ3n) is 10.4. The van der Waals surface area contributed by atoms with Crippen molar-refractivity contribution in [2.24, 2.45) is 0 Å². The minimum atomic E-state index is -6.06. The Balaban J connectivity index is 1.54. The molecule has 0 saturated carbocycles. The standard InChI is InChI=1S/C43H34F3NO3S/c1-41(2)33-21-13-11-19-31(33)35-37(41)39(47(29-17-9-6-10-18-29)30-25-23-28(24-26-30)27-15-7-5-8-16-27)38-36(40(35)50-51(48,49)43(44,45)46)32-20-12-14-22-34(32)42(38,3)4/h5-26H,1-4H3. The summed E-state index contributed by atoms with van der Waals surface area (Å²) in [6, 6.07) is 43.1. The Labute approximate surface area is 295 Å². The van der Waals surface area contributed by atoms with Gasteiger partial charge in [0.1, 0.15) is 0 Å². The lowest BCUT2D eigenvalue weighted by atomic mass is 9.75. The third kappa shape index (κ3) is 4.91. The number of para-hydroxylation sites is 1. The van der Waals surface area contributed by atoms with E-state index in [0.717, 1.165) is 39.3 Å². The molecule has 4 nitrogen and oxygen atoms in total. The Morgan fingerprint density at radius 3 is 1.45 bits per heavy atom. The number of fused-ring (bicyclic) bond motifs is 6. The topological polar surface area (TPSA) is 46.6 Å². The summed E-state index contributed by atoms with van der Waals surface area (Å²) in [7, 11) is -6.06. The van der Waals surface area contributed by atoms with Crippen molar-refractivity contribution in [1.29, 1.82) is 0 Å². The van der Waals surface area contributed by atoms with Crippen LogP contribution in [0.4, 0.5) is 30.2 Å². The van der Waals surface area contributed by atoms with E-state index in [1.165, 1.54) is 0 Å². The van der Waals surface area contributed by atoms with Crippen molar-refractivity contribution < 1.29 is 25.8 Å². The molecule has 0 fully saturated rings. The van der Waals surface area contributed by atoms with Crippen LogP contribution in [0.2, 0.25) is 0 Å². The van der Waals surface area contributed by atoms with Gasteiger partial charge in [-0.2, -0.15) is 21.6 Å². The zero-order valence-corrected chi connectivity index (χ0v) is 29.2. The number of rotatable bonds is 6. The maximum Gasteiger partial charge on any atom is 0.534 e. The Hall–Kier alpha value is -5.34. The Morgan fingerprint density at radius 1 is 0.549 bits per heavy atom. The summed E-state index contributed by atoms with van der Waals surface area (Å²) in [6.07, 6.45) is 0. The van der Waals surface area contributed by atoms with Crippen molar-refractivity contribution in [3.8, 4) is 39.1 Å². The molecule has 8 rings (SSSR count). The summed E-state index contributed by atoms with van der Waals surface area (Å²) in [5, 5.41) is 0. The van der Waals surface area contributed by atoms with Crippen LogP contribution in [-0.4, -0.2) is 13.9 Å². The predicted molar refractivity (Wildman–Crippen MR) is 197 cm³/mol. The highest BCUT2D eigenvalue weighted by Crippen LogP contribution is 2.66. The van der Waals surface area contributed by atoms with E-state index < -0.39 is 26.5 Å². The molecule has 2 aliphatic carbocycles. The molecule has 6 aromatic rings. The molecule has 0 bridgehead atoms. The fraction of sp³-hybridized carbons (Fsp3) is 0.163. The van der Waals surface area contributed by atoms with Gasteiger partial charge in [-0.05, 0) is 68.8 Å². The first-order valence-electron chi connectivity index (χ1n) is 16.7. The normalized spacial score (nSPS) is 15.0. The van der Waals surface area contributed by atoms with Crippen LogP contribution in [0.25, 0.3) is 33.4 Å². The quantitative estimate of drug-likeness (QED) is 0.128. The van der Waals surface area contributed by atoms with Crippen LogP contribution >= 0.6 is 0 Å². The van der Waals surface area contributed by atoms with E-state index in [2.05, 4.69) is 41.3 Å². The lowest BCUT2D eigenvalue weighted by Crippen LogP contribution is -2.29. The average Bonchev–Trinajstić information content (AvgIpc) is 3.50. The van der Waals surface area contributed by atoms with E-state index in [-0.39, 0.29) is 5.75 Å². The highest BCUT2D eigenvalue weighted by molar-refractivity contribution is 7.88. The molecule has 0 amide bonds. The van der Waals surface area contributed by atoms with Crippen LogP contribution in [0.1, 0.15) is 49.9 Å². The van der Waals surface area contributed by atoms with Crippen molar-refractivity contribution in [3.63, 3.8) is 0 Å². The predicted octanol–water partition coefficient (Wildman–Crippen LogP) is 11.7. The largest absolute Gasteiger partial charge is 0.534 e. The third-order valence-corrected chi connectivity index (χ3v) is 11.3. The zero-order chi connectivity index (χ0) is 35.9. The van der Waals surface area contributed by atoms with Crippen LogP contribution in [0, 0.1) is 0 Å². The van der Waals surface area contributed by atoms with Gasteiger partial charge in [0.2, 0.25) is 0 Å². The van der Waals surface area contributed by atoms with Crippen molar-refractivity contribution in [1.82, 2.24) is 0 Å². The molecule has 0 radical (unpaired) electrons. The van der Waals surface area contributed by atoms with Gasteiger partial charge in [-0.1, -0.05) is 137 Å². The summed E-state index contributed by atoms with van der Waals surface area (Å²) in [5.74, 6) is -0.301. The average molecular weight is 702 g/mol. The summed E-state index contributed by atoms with van der Waals surface area (Å²) in [4.78, 5) is 2.16. The van der Waals surface area contributed by atoms with Crippen LogP contribution in [0.3, 0.4) is 0 Å². The molecule has 0 unspecified atom stereocenters. The van der Waals surface area contributed by atoms with Gasteiger partial charge in [0, 0.05) is 33.3 Å². The molecule has 8 heteroatoms. The fourth-order valence-electron chi connectivity index (χ4n) is 8.09. The van der Waals surface area contributed by atoms with Gasteiger partial charge in [-0.15, -0.1) is 0 Å². The number of anilines is 3. The van der Waals surface area contributed by atoms with Gasteiger partial charge >= 0.3 is 15.6 Å². The second-order valence-electron chi connectivity index (χ2n) is 14.1. The minimum Gasteiger partial charge on any atom is -0.375 e. The maximum atomic E-state index is 14.2. The number of hydrogen-bond acceptors (Lipinski definition) is 4. The summed E-state index contributed by atoms with van der Waals surface area (Å²) >= 11 is 0.